The highest BCUT2D eigenvalue weighted by Crippen LogP contribution is 2.44. The minimum absolute atomic E-state index is 0.0696. The molecule has 30 heavy (non-hydrogen) atoms. The molecule has 0 saturated heterocycles. The van der Waals surface area contributed by atoms with Gasteiger partial charge in [0.25, 0.3) is 0 Å². The van der Waals surface area contributed by atoms with Crippen LogP contribution in [0.2, 0.25) is 0 Å². The third-order valence-electron chi connectivity index (χ3n) is 6.08. The summed E-state index contributed by atoms with van der Waals surface area (Å²) < 4.78 is 5.67. The predicted molar refractivity (Wildman–Crippen MR) is 110 cm³/mol. The molecular weight excluding hydrogens is 378 g/mol. The zero-order valence-corrected chi connectivity index (χ0v) is 16.3. The Morgan fingerprint density at radius 1 is 0.867 bits per heavy atom. The van der Waals surface area contributed by atoms with Gasteiger partial charge in [0.05, 0.1) is 5.97 Å². The van der Waals surface area contributed by atoms with Crippen molar-refractivity contribution in [1.29, 1.82) is 0 Å². The number of hydrogen-bond acceptors (Lipinski definition) is 4. The van der Waals surface area contributed by atoms with Crippen LogP contribution in [0.4, 0.5) is 4.79 Å². The van der Waals surface area contributed by atoms with Crippen molar-refractivity contribution in [2.24, 2.45) is 0 Å². The number of carboxylic acids is 1. The zero-order valence-electron chi connectivity index (χ0n) is 16.3. The van der Waals surface area contributed by atoms with Crippen LogP contribution in [0.15, 0.2) is 72.8 Å². The fourth-order valence-electron chi connectivity index (χ4n) is 4.69. The van der Waals surface area contributed by atoms with Crippen LogP contribution in [0.5, 0.6) is 0 Å². The van der Waals surface area contributed by atoms with Gasteiger partial charge in [0.15, 0.2) is 0 Å². The Morgan fingerprint density at radius 3 is 2.07 bits per heavy atom. The lowest BCUT2D eigenvalue weighted by molar-refractivity contribution is -0.312. The molecule has 0 radical (unpaired) electrons. The number of hydrogen-bond donors (Lipinski definition) is 0. The van der Waals surface area contributed by atoms with E-state index in [1.807, 2.05) is 36.4 Å². The Hall–Kier alpha value is -3.60. The molecule has 5 nitrogen and oxygen atoms in total. The van der Waals surface area contributed by atoms with E-state index in [1.165, 1.54) is 4.90 Å². The van der Waals surface area contributed by atoms with Crippen LogP contribution in [0.1, 0.15) is 34.2 Å². The molecule has 0 unspecified atom stereocenters. The van der Waals surface area contributed by atoms with E-state index in [0.29, 0.717) is 12.0 Å². The van der Waals surface area contributed by atoms with Crippen molar-refractivity contribution in [2.45, 2.75) is 18.4 Å². The molecule has 1 amide bonds. The topological polar surface area (TPSA) is 69.7 Å². The molecule has 0 fully saturated rings. The number of carboxylic acid groups (broad SMARTS) is 1. The third kappa shape index (κ3) is 2.94. The largest absolute Gasteiger partial charge is 0.548 e. The first-order valence-electron chi connectivity index (χ1n) is 10.1. The normalized spacial score (nSPS) is 17.1. The number of carbonyl (C=O) groups excluding carboxylic acids is 2. The molecule has 150 valence electrons. The van der Waals surface area contributed by atoms with Gasteiger partial charge in [-0.1, -0.05) is 72.8 Å². The highest BCUT2D eigenvalue weighted by Gasteiger charge is 2.34. The highest BCUT2D eigenvalue weighted by atomic mass is 16.6. The minimum atomic E-state index is -1.30. The summed E-state index contributed by atoms with van der Waals surface area (Å²) in [4.78, 5) is 26.0. The van der Waals surface area contributed by atoms with E-state index in [0.717, 1.165) is 27.8 Å². The van der Waals surface area contributed by atoms with Gasteiger partial charge in [-0.3, -0.25) is 4.90 Å². The predicted octanol–water partition coefficient (Wildman–Crippen LogP) is 3.28. The maximum absolute atomic E-state index is 12.9. The molecule has 1 aliphatic heterocycles. The molecule has 1 aliphatic carbocycles. The molecule has 1 atom stereocenters. The number of aliphatic carboxylic acids is 1. The van der Waals surface area contributed by atoms with Crippen LogP contribution in [0.3, 0.4) is 0 Å². The van der Waals surface area contributed by atoms with Crippen LogP contribution in [-0.4, -0.2) is 30.1 Å². The number of ether oxygens (including phenoxy) is 1. The summed E-state index contributed by atoms with van der Waals surface area (Å²) in [7, 11) is 0. The average Bonchev–Trinajstić information content (AvgIpc) is 3.10. The summed E-state index contributed by atoms with van der Waals surface area (Å²) >= 11 is 0. The molecule has 1 heterocycles. The zero-order chi connectivity index (χ0) is 20.7. The van der Waals surface area contributed by atoms with Gasteiger partial charge >= 0.3 is 6.09 Å². The molecule has 0 saturated carbocycles. The molecule has 0 N–H and O–H groups in total. The molecule has 0 bridgehead atoms. The first kappa shape index (κ1) is 18.4. The van der Waals surface area contributed by atoms with Crippen LogP contribution in [0.25, 0.3) is 11.1 Å². The molecular formula is C25H20NO4-. The van der Waals surface area contributed by atoms with Gasteiger partial charge in [0.1, 0.15) is 12.6 Å². The van der Waals surface area contributed by atoms with E-state index in [1.54, 1.807) is 12.1 Å². The number of rotatable bonds is 3. The van der Waals surface area contributed by atoms with Gasteiger partial charge in [-0.05, 0) is 39.8 Å². The van der Waals surface area contributed by atoms with Gasteiger partial charge in [0, 0.05) is 12.5 Å². The first-order chi connectivity index (χ1) is 14.6. The summed E-state index contributed by atoms with van der Waals surface area (Å²) in [5, 5.41) is 11.9. The number of carbonyl (C=O) groups is 2. The van der Waals surface area contributed by atoms with Crippen molar-refractivity contribution in [2.75, 3.05) is 13.2 Å². The van der Waals surface area contributed by atoms with Crippen LogP contribution < -0.4 is 5.11 Å². The van der Waals surface area contributed by atoms with Crippen molar-refractivity contribution in [3.8, 4) is 11.1 Å². The Balaban J connectivity index is 1.39. The van der Waals surface area contributed by atoms with Crippen molar-refractivity contribution in [1.82, 2.24) is 4.90 Å². The lowest BCUT2D eigenvalue weighted by atomic mass is 9.93. The van der Waals surface area contributed by atoms with E-state index in [2.05, 4.69) is 24.3 Å². The highest BCUT2D eigenvalue weighted by molar-refractivity contribution is 5.82. The molecule has 2 aliphatic rings. The lowest BCUT2D eigenvalue weighted by Gasteiger charge is -2.37. The fraction of sp³-hybridized carbons (Fsp3) is 0.200. The molecule has 3 aromatic carbocycles. The second-order valence-electron chi connectivity index (χ2n) is 7.67. The van der Waals surface area contributed by atoms with Gasteiger partial charge in [-0.15, -0.1) is 0 Å². The van der Waals surface area contributed by atoms with Gasteiger partial charge in [0.2, 0.25) is 0 Å². The van der Waals surface area contributed by atoms with Gasteiger partial charge in [-0.2, -0.15) is 0 Å². The average molecular weight is 398 g/mol. The summed E-state index contributed by atoms with van der Waals surface area (Å²) in [6.07, 6.45) is -0.0370. The van der Waals surface area contributed by atoms with Crippen molar-refractivity contribution < 1.29 is 19.4 Å². The Morgan fingerprint density at radius 2 is 1.43 bits per heavy atom. The lowest BCUT2D eigenvalue weighted by Crippen LogP contribution is -2.48. The van der Waals surface area contributed by atoms with E-state index >= 15 is 0 Å². The number of nitrogens with zero attached hydrogens (tertiary/aromatic N) is 1. The number of amides is 1. The minimum Gasteiger partial charge on any atom is -0.548 e. The van der Waals surface area contributed by atoms with Crippen molar-refractivity contribution >= 4 is 12.1 Å². The summed E-state index contributed by atoms with van der Waals surface area (Å²) in [6, 6.07) is 22.3. The molecule has 0 spiro atoms. The smallest absolute Gasteiger partial charge is 0.410 e. The molecule has 3 aromatic rings. The first-order valence-corrected chi connectivity index (χ1v) is 10.1. The fourth-order valence-corrected chi connectivity index (χ4v) is 4.69. The van der Waals surface area contributed by atoms with E-state index in [-0.39, 0.29) is 19.1 Å². The standard InChI is InChI=1S/C25H21NO4/c27-24(28)23-17-8-2-1-7-16(17)13-14-26(23)25(29)30-15-22-20-11-5-3-9-18(20)19-10-4-6-12-21(19)22/h1-12,22-23H,13-15H2,(H,27,28)/p-1/t23-/m0/s1. The van der Waals surface area contributed by atoms with E-state index < -0.39 is 18.1 Å². The maximum atomic E-state index is 12.9. The van der Waals surface area contributed by atoms with E-state index in [9.17, 15) is 14.7 Å². The Labute approximate surface area is 174 Å². The Bertz CT molecular complexity index is 1090. The van der Waals surface area contributed by atoms with Crippen molar-refractivity contribution in [3.05, 3.63) is 95.1 Å². The van der Waals surface area contributed by atoms with Crippen LogP contribution >= 0.6 is 0 Å². The summed E-state index contributed by atoms with van der Waals surface area (Å²) in [5.41, 5.74) is 6.05. The monoisotopic (exact) mass is 398 g/mol. The van der Waals surface area contributed by atoms with Crippen molar-refractivity contribution in [3.63, 3.8) is 0 Å². The molecule has 0 aromatic heterocycles. The van der Waals surface area contributed by atoms with Crippen LogP contribution in [-0.2, 0) is 16.0 Å². The summed E-state index contributed by atoms with van der Waals surface area (Å²) in [5.74, 6) is -1.37. The van der Waals surface area contributed by atoms with Gasteiger partial charge in [-0.25, -0.2) is 4.79 Å². The summed E-state index contributed by atoms with van der Waals surface area (Å²) in [6.45, 7) is 0.442. The van der Waals surface area contributed by atoms with Gasteiger partial charge < -0.3 is 14.6 Å². The maximum Gasteiger partial charge on any atom is 0.410 e. The van der Waals surface area contributed by atoms with Crippen LogP contribution in [0, 0.1) is 0 Å². The Kier molecular flexibility index (Phi) is 4.51. The third-order valence-corrected chi connectivity index (χ3v) is 6.08. The second-order valence-corrected chi connectivity index (χ2v) is 7.67. The second kappa shape index (κ2) is 7.34. The number of fused-ring (bicyclic) bond motifs is 4. The molecule has 5 rings (SSSR count). The SMILES string of the molecule is O=C([O-])[C@@H]1c2ccccc2CCN1C(=O)OCC1c2ccccc2-c2ccccc21. The van der Waals surface area contributed by atoms with E-state index in [4.69, 9.17) is 4.74 Å². The molecule has 5 heteroatoms. The number of benzene rings is 3. The quantitative estimate of drug-likeness (QED) is 0.679.